The van der Waals surface area contributed by atoms with E-state index in [4.69, 9.17) is 4.52 Å². The first-order valence-electron chi connectivity index (χ1n) is 7.08. The summed E-state index contributed by atoms with van der Waals surface area (Å²) < 4.78 is 5.33. The van der Waals surface area contributed by atoms with Gasteiger partial charge in [0.1, 0.15) is 0 Å². The standard InChI is InChI=1S/C14H20N2O3/c1-14(2)9(10(14)13(17)18)12-15-11(16-19-12)8-6-4-3-5-7-8/h8-10H,3-7H2,1-2H3,(H,17,18). The number of carbonyl (C=O) groups is 1. The molecular weight excluding hydrogens is 244 g/mol. The van der Waals surface area contributed by atoms with Crippen LogP contribution in [-0.4, -0.2) is 21.2 Å². The van der Waals surface area contributed by atoms with Crippen molar-refractivity contribution in [2.45, 2.75) is 57.8 Å². The zero-order valence-electron chi connectivity index (χ0n) is 11.4. The van der Waals surface area contributed by atoms with Crippen molar-refractivity contribution in [3.63, 3.8) is 0 Å². The minimum Gasteiger partial charge on any atom is -0.481 e. The minimum atomic E-state index is -0.771. The average Bonchev–Trinajstić information content (AvgIpc) is 2.76. The topological polar surface area (TPSA) is 76.2 Å². The molecule has 3 rings (SSSR count). The molecule has 0 aromatic carbocycles. The van der Waals surface area contributed by atoms with Gasteiger partial charge in [0.2, 0.25) is 5.89 Å². The number of hydrogen-bond donors (Lipinski definition) is 1. The Morgan fingerprint density at radius 3 is 2.58 bits per heavy atom. The zero-order chi connectivity index (χ0) is 13.6. The van der Waals surface area contributed by atoms with Crippen LogP contribution in [0.4, 0.5) is 0 Å². The van der Waals surface area contributed by atoms with Crippen LogP contribution >= 0.6 is 0 Å². The van der Waals surface area contributed by atoms with Crippen molar-refractivity contribution in [2.75, 3.05) is 0 Å². The first-order valence-corrected chi connectivity index (χ1v) is 7.08. The number of carboxylic acids is 1. The summed E-state index contributed by atoms with van der Waals surface area (Å²) in [6.45, 7) is 3.89. The molecule has 2 unspecified atom stereocenters. The lowest BCUT2D eigenvalue weighted by Gasteiger charge is -2.17. The molecule has 19 heavy (non-hydrogen) atoms. The Hall–Kier alpha value is -1.39. The van der Waals surface area contributed by atoms with Crippen molar-refractivity contribution in [3.05, 3.63) is 11.7 Å². The molecule has 5 heteroatoms. The molecule has 5 nitrogen and oxygen atoms in total. The molecule has 2 fully saturated rings. The van der Waals surface area contributed by atoms with Crippen LogP contribution in [-0.2, 0) is 4.79 Å². The highest BCUT2D eigenvalue weighted by Gasteiger charge is 2.65. The third-order valence-electron chi connectivity index (χ3n) is 4.79. The van der Waals surface area contributed by atoms with Gasteiger partial charge in [-0.3, -0.25) is 4.79 Å². The summed E-state index contributed by atoms with van der Waals surface area (Å²) in [6, 6.07) is 0. The Labute approximate surface area is 112 Å². The number of aromatic nitrogens is 2. The predicted molar refractivity (Wildman–Crippen MR) is 67.8 cm³/mol. The van der Waals surface area contributed by atoms with E-state index in [0.717, 1.165) is 18.7 Å². The van der Waals surface area contributed by atoms with Gasteiger partial charge < -0.3 is 9.63 Å². The Morgan fingerprint density at radius 2 is 2.00 bits per heavy atom. The number of rotatable bonds is 3. The Balaban J connectivity index is 1.77. The maximum Gasteiger partial charge on any atom is 0.307 e. The Morgan fingerprint density at radius 1 is 1.32 bits per heavy atom. The molecule has 1 N–H and O–H groups in total. The fraction of sp³-hybridized carbons (Fsp3) is 0.786. The summed E-state index contributed by atoms with van der Waals surface area (Å²) in [7, 11) is 0. The fourth-order valence-corrected chi connectivity index (χ4v) is 3.46. The van der Waals surface area contributed by atoms with Gasteiger partial charge in [0.05, 0.1) is 11.8 Å². The van der Waals surface area contributed by atoms with E-state index in [9.17, 15) is 9.90 Å². The molecule has 1 heterocycles. The van der Waals surface area contributed by atoms with Crippen LogP contribution in [0.3, 0.4) is 0 Å². The van der Waals surface area contributed by atoms with E-state index in [1.807, 2.05) is 13.8 Å². The smallest absolute Gasteiger partial charge is 0.307 e. The molecule has 104 valence electrons. The van der Waals surface area contributed by atoms with Crippen molar-refractivity contribution in [1.82, 2.24) is 10.1 Å². The molecule has 0 amide bonds. The van der Waals surface area contributed by atoms with Gasteiger partial charge in [-0.15, -0.1) is 0 Å². The van der Waals surface area contributed by atoms with Crippen molar-refractivity contribution >= 4 is 5.97 Å². The fourth-order valence-electron chi connectivity index (χ4n) is 3.46. The minimum absolute atomic E-state index is 0.130. The van der Waals surface area contributed by atoms with Crippen molar-refractivity contribution in [3.8, 4) is 0 Å². The SMILES string of the molecule is CC1(C)C(C(=O)O)C1c1nc(C2CCCCC2)no1. The molecule has 0 radical (unpaired) electrons. The highest BCUT2D eigenvalue weighted by molar-refractivity contribution is 5.77. The third-order valence-corrected chi connectivity index (χ3v) is 4.79. The molecule has 2 aliphatic rings. The zero-order valence-corrected chi connectivity index (χ0v) is 11.4. The maximum absolute atomic E-state index is 11.2. The van der Waals surface area contributed by atoms with Gasteiger partial charge in [0, 0.05) is 5.92 Å². The van der Waals surface area contributed by atoms with Gasteiger partial charge in [-0.05, 0) is 18.3 Å². The summed E-state index contributed by atoms with van der Waals surface area (Å²) >= 11 is 0. The van der Waals surface area contributed by atoms with Crippen LogP contribution in [0.15, 0.2) is 4.52 Å². The number of aliphatic carboxylic acids is 1. The molecule has 2 saturated carbocycles. The van der Waals surface area contributed by atoms with Gasteiger partial charge in [-0.25, -0.2) is 0 Å². The van der Waals surface area contributed by atoms with E-state index in [1.54, 1.807) is 0 Å². The third kappa shape index (κ3) is 2.05. The molecule has 2 aliphatic carbocycles. The van der Waals surface area contributed by atoms with E-state index in [0.29, 0.717) is 11.8 Å². The quantitative estimate of drug-likeness (QED) is 0.908. The second kappa shape index (κ2) is 4.32. The first-order chi connectivity index (χ1) is 9.01. The Kier molecular flexibility index (Phi) is 2.87. The average molecular weight is 264 g/mol. The number of carboxylic acid groups (broad SMARTS) is 1. The summed E-state index contributed by atoms with van der Waals surface area (Å²) in [5.74, 6) is 0.394. The normalized spacial score (nSPS) is 30.2. The summed E-state index contributed by atoms with van der Waals surface area (Å²) in [5.41, 5.74) is -0.276. The van der Waals surface area contributed by atoms with Gasteiger partial charge >= 0.3 is 5.97 Å². The van der Waals surface area contributed by atoms with Crippen LogP contribution in [0.1, 0.15) is 69.5 Å². The monoisotopic (exact) mass is 264 g/mol. The number of nitrogens with zero attached hydrogens (tertiary/aromatic N) is 2. The van der Waals surface area contributed by atoms with Gasteiger partial charge in [0.25, 0.3) is 0 Å². The van der Waals surface area contributed by atoms with Gasteiger partial charge in [-0.1, -0.05) is 38.3 Å². The van der Waals surface area contributed by atoms with E-state index >= 15 is 0 Å². The van der Waals surface area contributed by atoms with E-state index in [1.165, 1.54) is 19.3 Å². The summed E-state index contributed by atoms with van der Waals surface area (Å²) in [6.07, 6.45) is 5.98. The molecule has 0 spiro atoms. The summed E-state index contributed by atoms with van der Waals surface area (Å²) in [4.78, 5) is 15.7. The van der Waals surface area contributed by atoms with E-state index < -0.39 is 11.9 Å². The first kappa shape index (κ1) is 12.6. The Bertz CT molecular complexity index is 489. The lowest BCUT2D eigenvalue weighted by Crippen LogP contribution is -2.06. The lowest BCUT2D eigenvalue weighted by molar-refractivity contribution is -0.139. The summed E-state index contributed by atoms with van der Waals surface area (Å²) in [5, 5.41) is 13.3. The van der Waals surface area contributed by atoms with Crippen molar-refractivity contribution < 1.29 is 14.4 Å². The van der Waals surface area contributed by atoms with Crippen LogP contribution in [0.25, 0.3) is 0 Å². The molecule has 2 atom stereocenters. The van der Waals surface area contributed by atoms with Crippen LogP contribution in [0.2, 0.25) is 0 Å². The predicted octanol–water partition coefficient (Wildman–Crippen LogP) is 2.94. The molecule has 0 bridgehead atoms. The highest BCUT2D eigenvalue weighted by Crippen LogP contribution is 2.64. The van der Waals surface area contributed by atoms with Crippen molar-refractivity contribution in [1.29, 1.82) is 0 Å². The second-order valence-corrected chi connectivity index (χ2v) is 6.44. The molecule has 1 aromatic rings. The van der Waals surface area contributed by atoms with Crippen LogP contribution < -0.4 is 0 Å². The second-order valence-electron chi connectivity index (χ2n) is 6.44. The largest absolute Gasteiger partial charge is 0.481 e. The number of hydrogen-bond acceptors (Lipinski definition) is 4. The maximum atomic E-state index is 11.2. The van der Waals surface area contributed by atoms with Gasteiger partial charge in [0.15, 0.2) is 5.82 Å². The van der Waals surface area contributed by atoms with Gasteiger partial charge in [-0.2, -0.15) is 4.98 Å². The van der Waals surface area contributed by atoms with E-state index in [-0.39, 0.29) is 11.3 Å². The molecule has 0 aliphatic heterocycles. The van der Waals surface area contributed by atoms with Crippen LogP contribution in [0, 0.1) is 11.3 Å². The van der Waals surface area contributed by atoms with Crippen LogP contribution in [0.5, 0.6) is 0 Å². The molecule has 1 aromatic heterocycles. The highest BCUT2D eigenvalue weighted by atomic mass is 16.5. The van der Waals surface area contributed by atoms with Crippen molar-refractivity contribution in [2.24, 2.45) is 11.3 Å². The molecular formula is C14H20N2O3. The van der Waals surface area contributed by atoms with E-state index in [2.05, 4.69) is 10.1 Å². The lowest BCUT2D eigenvalue weighted by atomic mass is 9.89. The molecule has 0 saturated heterocycles.